The third kappa shape index (κ3) is 3.76. The Bertz CT molecular complexity index is 623. The lowest BCUT2D eigenvalue weighted by atomic mass is 10.1. The van der Waals surface area contributed by atoms with Crippen molar-refractivity contribution in [2.24, 2.45) is 5.73 Å². The second-order valence-corrected chi connectivity index (χ2v) is 4.62. The van der Waals surface area contributed by atoms with Crippen LogP contribution < -0.4 is 10.5 Å². The molecule has 0 fully saturated rings. The molecule has 2 N–H and O–H groups in total. The van der Waals surface area contributed by atoms with E-state index < -0.39 is 11.7 Å². The third-order valence-corrected chi connectivity index (χ3v) is 3.14. The van der Waals surface area contributed by atoms with Crippen molar-refractivity contribution < 1.29 is 17.9 Å². The molecule has 0 aliphatic heterocycles. The van der Waals surface area contributed by atoms with E-state index in [0.717, 1.165) is 18.1 Å². The van der Waals surface area contributed by atoms with Gasteiger partial charge >= 0.3 is 6.18 Å². The SMILES string of the molecule is CCc1cccc(Oc2ccc(C(F)(F)F)c(CN)c2)c1. The Labute approximate surface area is 121 Å². The number of halogens is 3. The second kappa shape index (κ2) is 6.18. The molecule has 2 nitrogen and oxygen atoms in total. The Morgan fingerprint density at radius 1 is 1.05 bits per heavy atom. The van der Waals surface area contributed by atoms with Crippen molar-refractivity contribution >= 4 is 0 Å². The highest BCUT2D eigenvalue weighted by molar-refractivity contribution is 5.40. The first-order chi connectivity index (χ1) is 9.94. The van der Waals surface area contributed by atoms with Crippen molar-refractivity contribution in [1.29, 1.82) is 0 Å². The van der Waals surface area contributed by atoms with E-state index in [-0.39, 0.29) is 12.1 Å². The quantitative estimate of drug-likeness (QED) is 0.900. The van der Waals surface area contributed by atoms with E-state index in [4.69, 9.17) is 10.5 Å². The Balaban J connectivity index is 2.29. The van der Waals surface area contributed by atoms with Crippen LogP contribution in [0.5, 0.6) is 11.5 Å². The van der Waals surface area contributed by atoms with Crippen LogP contribution in [0.3, 0.4) is 0 Å². The monoisotopic (exact) mass is 295 g/mol. The van der Waals surface area contributed by atoms with Gasteiger partial charge in [-0.2, -0.15) is 13.2 Å². The van der Waals surface area contributed by atoms with E-state index in [1.165, 1.54) is 12.1 Å². The molecule has 0 bridgehead atoms. The van der Waals surface area contributed by atoms with E-state index in [1.54, 1.807) is 6.07 Å². The first-order valence-corrected chi connectivity index (χ1v) is 6.61. The van der Waals surface area contributed by atoms with Gasteiger partial charge in [0.05, 0.1) is 5.56 Å². The summed E-state index contributed by atoms with van der Waals surface area (Å²) in [5, 5.41) is 0. The molecule has 0 spiro atoms. The minimum atomic E-state index is -4.41. The van der Waals surface area contributed by atoms with Gasteiger partial charge in [0.2, 0.25) is 0 Å². The van der Waals surface area contributed by atoms with Crippen LogP contribution in [0.4, 0.5) is 13.2 Å². The van der Waals surface area contributed by atoms with Gasteiger partial charge in [-0.1, -0.05) is 19.1 Å². The predicted octanol–water partition coefficient (Wildman–Crippen LogP) is 4.52. The topological polar surface area (TPSA) is 35.2 Å². The molecule has 0 unspecified atom stereocenters. The van der Waals surface area contributed by atoms with Crippen LogP contribution in [0.15, 0.2) is 42.5 Å². The van der Waals surface area contributed by atoms with Crippen LogP contribution >= 0.6 is 0 Å². The van der Waals surface area contributed by atoms with Crippen LogP contribution in [0.25, 0.3) is 0 Å². The molecule has 21 heavy (non-hydrogen) atoms. The fourth-order valence-electron chi connectivity index (χ4n) is 2.04. The second-order valence-electron chi connectivity index (χ2n) is 4.62. The van der Waals surface area contributed by atoms with Gasteiger partial charge in [0, 0.05) is 6.54 Å². The van der Waals surface area contributed by atoms with Crippen LogP contribution in [0, 0.1) is 0 Å². The molecule has 2 rings (SSSR count). The van der Waals surface area contributed by atoms with Gasteiger partial charge in [-0.05, 0) is 47.9 Å². The molecule has 0 atom stereocenters. The zero-order valence-electron chi connectivity index (χ0n) is 11.6. The zero-order chi connectivity index (χ0) is 15.5. The Kier molecular flexibility index (Phi) is 4.53. The van der Waals surface area contributed by atoms with E-state index >= 15 is 0 Å². The van der Waals surface area contributed by atoms with Gasteiger partial charge in [0.1, 0.15) is 11.5 Å². The fraction of sp³-hybridized carbons (Fsp3) is 0.250. The lowest BCUT2D eigenvalue weighted by Crippen LogP contribution is -2.11. The minimum Gasteiger partial charge on any atom is -0.457 e. The lowest BCUT2D eigenvalue weighted by Gasteiger charge is -2.14. The molecule has 0 aliphatic rings. The minimum absolute atomic E-state index is 0.0200. The van der Waals surface area contributed by atoms with E-state index in [1.807, 2.05) is 25.1 Å². The Morgan fingerprint density at radius 3 is 2.38 bits per heavy atom. The highest BCUT2D eigenvalue weighted by Crippen LogP contribution is 2.34. The molecule has 2 aromatic carbocycles. The van der Waals surface area contributed by atoms with Crippen LogP contribution in [0.1, 0.15) is 23.6 Å². The summed E-state index contributed by atoms with van der Waals surface area (Å²) in [4.78, 5) is 0. The predicted molar refractivity (Wildman–Crippen MR) is 75.2 cm³/mol. The van der Waals surface area contributed by atoms with E-state index in [2.05, 4.69) is 0 Å². The number of rotatable bonds is 4. The maximum atomic E-state index is 12.8. The molecular weight excluding hydrogens is 279 g/mol. The Morgan fingerprint density at radius 2 is 1.76 bits per heavy atom. The number of aryl methyl sites for hydroxylation is 1. The van der Waals surface area contributed by atoms with Crippen LogP contribution in [0.2, 0.25) is 0 Å². The maximum Gasteiger partial charge on any atom is 0.416 e. The molecule has 0 heterocycles. The van der Waals surface area contributed by atoms with Crippen LogP contribution in [-0.2, 0) is 19.1 Å². The van der Waals surface area contributed by atoms with Crippen LogP contribution in [-0.4, -0.2) is 0 Å². The first-order valence-electron chi connectivity index (χ1n) is 6.61. The molecule has 5 heteroatoms. The first kappa shape index (κ1) is 15.4. The van der Waals surface area contributed by atoms with E-state index in [9.17, 15) is 13.2 Å². The van der Waals surface area contributed by atoms with Gasteiger partial charge in [-0.3, -0.25) is 0 Å². The molecule has 0 amide bonds. The summed E-state index contributed by atoms with van der Waals surface area (Å²) < 4.78 is 44.0. The van der Waals surface area contributed by atoms with Crippen molar-refractivity contribution in [3.63, 3.8) is 0 Å². The molecule has 2 aromatic rings. The normalized spacial score (nSPS) is 11.5. The average molecular weight is 295 g/mol. The summed E-state index contributed by atoms with van der Waals surface area (Å²) in [6.45, 7) is 1.82. The standard InChI is InChI=1S/C16H16F3NO/c1-2-11-4-3-5-13(8-11)21-14-6-7-15(16(17,18)19)12(9-14)10-20/h3-9H,2,10,20H2,1H3. The number of hydrogen-bond acceptors (Lipinski definition) is 2. The summed E-state index contributed by atoms with van der Waals surface area (Å²) in [7, 11) is 0. The van der Waals surface area contributed by atoms with E-state index in [0.29, 0.717) is 11.5 Å². The molecule has 112 valence electrons. The number of alkyl halides is 3. The lowest BCUT2D eigenvalue weighted by molar-refractivity contribution is -0.138. The summed E-state index contributed by atoms with van der Waals surface area (Å²) in [5.74, 6) is 0.939. The molecule has 0 saturated carbocycles. The zero-order valence-corrected chi connectivity index (χ0v) is 11.6. The third-order valence-electron chi connectivity index (χ3n) is 3.14. The van der Waals surface area contributed by atoms with Gasteiger partial charge < -0.3 is 10.5 Å². The van der Waals surface area contributed by atoms with Crippen molar-refractivity contribution in [2.75, 3.05) is 0 Å². The molecule has 0 aliphatic carbocycles. The largest absolute Gasteiger partial charge is 0.457 e. The highest BCUT2D eigenvalue weighted by atomic mass is 19.4. The molecule has 0 radical (unpaired) electrons. The average Bonchev–Trinajstić information content (AvgIpc) is 2.46. The van der Waals surface area contributed by atoms with Gasteiger partial charge in [-0.25, -0.2) is 0 Å². The number of hydrogen-bond donors (Lipinski definition) is 1. The summed E-state index contributed by atoms with van der Waals surface area (Å²) >= 11 is 0. The summed E-state index contributed by atoms with van der Waals surface area (Å²) in [5.41, 5.74) is 5.79. The van der Waals surface area contributed by atoms with Gasteiger partial charge in [0.15, 0.2) is 0 Å². The molecule has 0 saturated heterocycles. The summed E-state index contributed by atoms with van der Waals surface area (Å²) in [6, 6.07) is 11.1. The highest BCUT2D eigenvalue weighted by Gasteiger charge is 2.33. The number of ether oxygens (including phenoxy) is 1. The number of nitrogens with two attached hydrogens (primary N) is 1. The fourth-order valence-corrected chi connectivity index (χ4v) is 2.04. The smallest absolute Gasteiger partial charge is 0.416 e. The maximum absolute atomic E-state index is 12.8. The molecular formula is C16H16F3NO. The summed E-state index contributed by atoms with van der Waals surface area (Å²) in [6.07, 6.45) is -3.55. The van der Waals surface area contributed by atoms with Crippen molar-refractivity contribution in [3.8, 4) is 11.5 Å². The van der Waals surface area contributed by atoms with Gasteiger partial charge in [0.25, 0.3) is 0 Å². The Hall–Kier alpha value is -2.01. The number of benzene rings is 2. The van der Waals surface area contributed by atoms with Crippen molar-refractivity contribution in [2.45, 2.75) is 26.1 Å². The van der Waals surface area contributed by atoms with Crippen molar-refractivity contribution in [1.82, 2.24) is 0 Å². The van der Waals surface area contributed by atoms with Crippen molar-refractivity contribution in [3.05, 3.63) is 59.2 Å². The molecule has 0 aromatic heterocycles. The van der Waals surface area contributed by atoms with Gasteiger partial charge in [-0.15, -0.1) is 0 Å².